The highest BCUT2D eigenvalue weighted by atomic mass is 32.2. The monoisotopic (exact) mass is 457 g/mol. The van der Waals surface area contributed by atoms with Crippen molar-refractivity contribution in [3.63, 3.8) is 0 Å². The number of unbranched alkanes of at least 4 members (excludes halogenated alkanes) is 4. The van der Waals surface area contributed by atoms with Gasteiger partial charge in [-0.15, -0.1) is 11.8 Å². The molecule has 32 heavy (non-hydrogen) atoms. The predicted octanol–water partition coefficient (Wildman–Crippen LogP) is 6.71. The topological polar surface area (TPSA) is 46.6 Å². The molecule has 0 aliphatic carbocycles. The fourth-order valence-electron chi connectivity index (χ4n) is 3.82. The van der Waals surface area contributed by atoms with Gasteiger partial charge in [-0.3, -0.25) is 9.59 Å². The van der Waals surface area contributed by atoms with Crippen LogP contribution in [0.15, 0.2) is 47.4 Å². The molecule has 0 saturated heterocycles. The number of carbonyl (C=O) groups is 2. The number of methoxy groups -OCH3 is 1. The third-order valence-corrected chi connectivity index (χ3v) is 6.98. The molecule has 1 atom stereocenters. The highest BCUT2D eigenvalue weighted by Crippen LogP contribution is 2.28. The summed E-state index contributed by atoms with van der Waals surface area (Å²) in [6, 6.07) is 14.7. The van der Waals surface area contributed by atoms with Crippen LogP contribution in [-0.4, -0.2) is 42.7 Å². The Morgan fingerprint density at radius 2 is 1.59 bits per heavy atom. The molecule has 0 radical (unpaired) electrons. The van der Waals surface area contributed by atoms with Gasteiger partial charge in [0.2, 0.25) is 5.91 Å². The highest BCUT2D eigenvalue weighted by molar-refractivity contribution is 7.99. The van der Waals surface area contributed by atoms with Crippen LogP contribution >= 0.6 is 11.8 Å². The zero-order valence-electron chi connectivity index (χ0n) is 20.0. The Balaban J connectivity index is 2.10. The van der Waals surface area contributed by atoms with Gasteiger partial charge in [0.1, 0.15) is 0 Å². The molecule has 0 fully saturated rings. The zero-order chi connectivity index (χ0) is 23.2. The maximum atomic E-state index is 13.5. The molecule has 1 unspecified atom stereocenters. The number of benzene rings is 2. The van der Waals surface area contributed by atoms with Crippen molar-refractivity contribution in [2.45, 2.75) is 70.1 Å². The van der Waals surface area contributed by atoms with Gasteiger partial charge in [-0.25, -0.2) is 0 Å². The second-order valence-electron chi connectivity index (χ2n) is 8.37. The molecule has 1 amide bonds. The van der Waals surface area contributed by atoms with Crippen molar-refractivity contribution in [2.24, 2.45) is 5.92 Å². The Labute approximate surface area is 198 Å². The van der Waals surface area contributed by atoms with Crippen molar-refractivity contribution in [1.82, 2.24) is 4.90 Å². The first kappa shape index (κ1) is 26.2. The number of esters is 1. The zero-order valence-corrected chi connectivity index (χ0v) is 20.8. The summed E-state index contributed by atoms with van der Waals surface area (Å²) in [5, 5.41) is 2.42. The van der Waals surface area contributed by atoms with E-state index in [4.69, 9.17) is 4.74 Å². The summed E-state index contributed by atoms with van der Waals surface area (Å²) in [4.78, 5) is 28.5. The first-order valence-corrected chi connectivity index (χ1v) is 13.0. The first-order valence-electron chi connectivity index (χ1n) is 12.1. The van der Waals surface area contributed by atoms with Crippen LogP contribution in [0.2, 0.25) is 0 Å². The second kappa shape index (κ2) is 14.9. The Bertz CT molecular complexity index is 829. The number of amides is 1. The minimum absolute atomic E-state index is 0.186. The minimum Gasteiger partial charge on any atom is -0.469 e. The summed E-state index contributed by atoms with van der Waals surface area (Å²) >= 11 is 1.71. The summed E-state index contributed by atoms with van der Waals surface area (Å²) in [6.07, 6.45) is 7.44. The Morgan fingerprint density at radius 3 is 2.22 bits per heavy atom. The number of nitrogens with zero attached hydrogens (tertiary/aromatic N) is 1. The van der Waals surface area contributed by atoms with Gasteiger partial charge < -0.3 is 9.64 Å². The lowest BCUT2D eigenvalue weighted by atomic mass is 10.0. The van der Waals surface area contributed by atoms with Gasteiger partial charge in [-0.2, -0.15) is 0 Å². The van der Waals surface area contributed by atoms with Crippen molar-refractivity contribution in [3.05, 3.63) is 42.5 Å². The van der Waals surface area contributed by atoms with Crippen LogP contribution in [0.3, 0.4) is 0 Å². The molecule has 176 valence electrons. The number of rotatable bonds is 15. The third-order valence-electron chi connectivity index (χ3n) is 5.82. The maximum absolute atomic E-state index is 13.5. The van der Waals surface area contributed by atoms with Crippen molar-refractivity contribution in [3.8, 4) is 0 Å². The van der Waals surface area contributed by atoms with E-state index in [1.165, 1.54) is 17.9 Å². The van der Waals surface area contributed by atoms with E-state index < -0.39 is 0 Å². The Morgan fingerprint density at radius 1 is 0.938 bits per heavy atom. The first-order chi connectivity index (χ1) is 15.6. The number of ether oxygens (including phenoxy) is 1. The van der Waals surface area contributed by atoms with Crippen molar-refractivity contribution in [1.29, 1.82) is 0 Å². The fourth-order valence-corrected chi connectivity index (χ4v) is 4.90. The molecule has 2 aromatic carbocycles. The van der Waals surface area contributed by atoms with Gasteiger partial charge in [-0.05, 0) is 42.2 Å². The summed E-state index contributed by atoms with van der Waals surface area (Å²) in [6.45, 7) is 5.99. The number of fused-ring (bicyclic) bond motifs is 1. The quantitative estimate of drug-likeness (QED) is 0.169. The number of carbonyl (C=O) groups excluding carboxylic acids is 2. The summed E-state index contributed by atoms with van der Waals surface area (Å²) < 4.78 is 4.84. The van der Waals surface area contributed by atoms with Crippen LogP contribution in [0.5, 0.6) is 0 Å². The average Bonchev–Trinajstić information content (AvgIpc) is 2.82. The molecule has 0 aromatic heterocycles. The van der Waals surface area contributed by atoms with Gasteiger partial charge >= 0.3 is 5.97 Å². The Kier molecular flexibility index (Phi) is 12.3. The smallest absolute Gasteiger partial charge is 0.305 e. The van der Waals surface area contributed by atoms with Crippen LogP contribution in [-0.2, 0) is 14.3 Å². The van der Waals surface area contributed by atoms with E-state index in [-0.39, 0.29) is 24.2 Å². The lowest BCUT2D eigenvalue weighted by Crippen LogP contribution is -2.39. The minimum atomic E-state index is -0.248. The molecular formula is C27H39NO3S. The predicted molar refractivity (Wildman–Crippen MR) is 135 cm³/mol. The molecule has 2 aromatic rings. The molecule has 0 saturated carbocycles. The number of hydrogen-bond acceptors (Lipinski definition) is 4. The van der Waals surface area contributed by atoms with Crippen LogP contribution in [0, 0.1) is 5.92 Å². The fraction of sp³-hybridized carbons (Fsp3) is 0.556. The van der Waals surface area contributed by atoms with E-state index in [0.29, 0.717) is 12.2 Å². The SMILES string of the molecule is CCCCCN(CCCCC)C(=O)C(CCC(=O)OC)CSc1ccc2ccccc2c1. The standard InChI is InChI=1S/C27H39NO3S/c1-4-6-10-18-28(19-11-7-5-2)27(30)24(15-17-26(29)31-3)21-32-25-16-14-22-12-8-9-13-23(22)20-25/h8-9,12-14,16,20,24H,4-7,10-11,15,17-19,21H2,1-3H3. The molecule has 0 spiro atoms. The molecule has 4 nitrogen and oxygen atoms in total. The van der Waals surface area contributed by atoms with Gasteiger partial charge in [0, 0.05) is 36.1 Å². The average molecular weight is 458 g/mol. The second-order valence-corrected chi connectivity index (χ2v) is 9.46. The van der Waals surface area contributed by atoms with E-state index in [9.17, 15) is 9.59 Å². The van der Waals surface area contributed by atoms with Crippen molar-refractivity contribution >= 4 is 34.4 Å². The molecule has 5 heteroatoms. The summed E-state index contributed by atoms with van der Waals surface area (Å²) in [7, 11) is 1.41. The highest BCUT2D eigenvalue weighted by Gasteiger charge is 2.25. The van der Waals surface area contributed by atoms with Crippen LogP contribution in [0.1, 0.15) is 65.2 Å². The maximum Gasteiger partial charge on any atom is 0.305 e. The van der Waals surface area contributed by atoms with E-state index in [0.717, 1.165) is 56.5 Å². The molecule has 0 heterocycles. The number of hydrogen-bond donors (Lipinski definition) is 0. The summed E-state index contributed by atoms with van der Waals surface area (Å²) in [5.74, 6) is 0.428. The Hall–Kier alpha value is -2.01. The van der Waals surface area contributed by atoms with Crippen LogP contribution in [0.25, 0.3) is 10.8 Å². The normalized spacial score (nSPS) is 12.0. The largest absolute Gasteiger partial charge is 0.469 e. The van der Waals surface area contributed by atoms with Gasteiger partial charge in [0.05, 0.1) is 7.11 Å². The van der Waals surface area contributed by atoms with Crippen LogP contribution < -0.4 is 0 Å². The van der Waals surface area contributed by atoms with E-state index in [1.807, 2.05) is 17.0 Å². The lowest BCUT2D eigenvalue weighted by Gasteiger charge is -2.27. The van der Waals surface area contributed by atoms with Crippen molar-refractivity contribution in [2.75, 3.05) is 26.0 Å². The van der Waals surface area contributed by atoms with E-state index >= 15 is 0 Å². The molecule has 0 bridgehead atoms. The van der Waals surface area contributed by atoms with Crippen LogP contribution in [0.4, 0.5) is 0 Å². The third kappa shape index (κ3) is 8.85. The molecule has 2 rings (SSSR count). The lowest BCUT2D eigenvalue weighted by molar-refractivity contribution is -0.141. The van der Waals surface area contributed by atoms with E-state index in [2.05, 4.69) is 44.2 Å². The molecule has 0 aliphatic rings. The molecular weight excluding hydrogens is 418 g/mol. The summed E-state index contributed by atoms with van der Waals surface area (Å²) in [5.41, 5.74) is 0. The number of thioether (sulfide) groups is 1. The van der Waals surface area contributed by atoms with Gasteiger partial charge in [0.25, 0.3) is 0 Å². The molecule has 0 aliphatic heterocycles. The van der Waals surface area contributed by atoms with Crippen molar-refractivity contribution < 1.29 is 14.3 Å². The van der Waals surface area contributed by atoms with E-state index in [1.54, 1.807) is 11.8 Å². The molecule has 0 N–H and O–H groups in total. The van der Waals surface area contributed by atoms with Gasteiger partial charge in [-0.1, -0.05) is 69.9 Å². The van der Waals surface area contributed by atoms with Gasteiger partial charge in [0.15, 0.2) is 0 Å².